The second-order valence-corrected chi connectivity index (χ2v) is 8.03. The van der Waals surface area contributed by atoms with Crippen LogP contribution in [0.1, 0.15) is 34.2 Å². The number of aromatic amines is 1. The molecule has 2 aromatic carbocycles. The molecule has 32 heavy (non-hydrogen) atoms. The first-order chi connectivity index (χ1) is 15.5. The summed E-state index contributed by atoms with van der Waals surface area (Å²) >= 11 is 6.18. The van der Waals surface area contributed by atoms with Gasteiger partial charge in [0.15, 0.2) is 0 Å². The summed E-state index contributed by atoms with van der Waals surface area (Å²) < 4.78 is 0. The Kier molecular flexibility index (Phi) is 6.44. The molecule has 0 radical (unpaired) electrons. The highest BCUT2D eigenvalue weighted by atomic mass is 35.5. The lowest BCUT2D eigenvalue weighted by molar-refractivity contribution is -0.110. The van der Waals surface area contributed by atoms with Crippen LogP contribution in [0.3, 0.4) is 0 Å². The Morgan fingerprint density at radius 3 is 2.66 bits per heavy atom. The van der Waals surface area contributed by atoms with E-state index in [-0.39, 0.29) is 11.8 Å². The fourth-order valence-corrected chi connectivity index (χ4v) is 4.10. The van der Waals surface area contributed by atoms with Gasteiger partial charge in [0.05, 0.1) is 11.1 Å². The number of aryl methyl sites for hydroxylation is 1. The summed E-state index contributed by atoms with van der Waals surface area (Å²) in [5.41, 5.74) is 5.63. The minimum absolute atomic E-state index is 0.153. The van der Waals surface area contributed by atoms with Crippen molar-refractivity contribution in [3.63, 3.8) is 0 Å². The SMILES string of the molecule is CCNCCNC(=O)c1c(C)[nH]c(/C=C2\C(=O)Nc3ccc(Cl)cc32)c1-c1ccccc1. The van der Waals surface area contributed by atoms with Crippen LogP contribution in [0, 0.1) is 6.92 Å². The molecule has 4 rings (SSSR count). The van der Waals surface area contributed by atoms with Gasteiger partial charge in [-0.25, -0.2) is 0 Å². The van der Waals surface area contributed by atoms with Crippen molar-refractivity contribution in [1.29, 1.82) is 0 Å². The molecule has 0 aliphatic carbocycles. The van der Waals surface area contributed by atoms with E-state index >= 15 is 0 Å². The van der Waals surface area contributed by atoms with Crippen molar-refractivity contribution >= 4 is 40.8 Å². The summed E-state index contributed by atoms with van der Waals surface area (Å²) in [4.78, 5) is 29.1. The molecule has 7 heteroatoms. The van der Waals surface area contributed by atoms with E-state index < -0.39 is 0 Å². The zero-order chi connectivity index (χ0) is 22.7. The first-order valence-electron chi connectivity index (χ1n) is 10.6. The highest BCUT2D eigenvalue weighted by molar-refractivity contribution is 6.37. The van der Waals surface area contributed by atoms with Gasteiger partial charge in [-0.2, -0.15) is 0 Å². The van der Waals surface area contributed by atoms with Crippen molar-refractivity contribution in [3.8, 4) is 11.1 Å². The Morgan fingerprint density at radius 1 is 1.12 bits per heavy atom. The number of hydrogen-bond acceptors (Lipinski definition) is 3. The van der Waals surface area contributed by atoms with Gasteiger partial charge in [0.1, 0.15) is 0 Å². The number of hydrogen-bond donors (Lipinski definition) is 4. The van der Waals surface area contributed by atoms with E-state index in [1.165, 1.54) is 0 Å². The number of likely N-dealkylation sites (N-methyl/N-ethyl adjacent to an activating group) is 1. The zero-order valence-electron chi connectivity index (χ0n) is 18.0. The van der Waals surface area contributed by atoms with Gasteiger partial charge >= 0.3 is 0 Å². The maximum Gasteiger partial charge on any atom is 0.256 e. The normalized spacial score (nSPS) is 13.8. The molecular formula is C25H25ClN4O2. The van der Waals surface area contributed by atoms with E-state index in [0.717, 1.165) is 34.6 Å². The van der Waals surface area contributed by atoms with E-state index in [9.17, 15) is 9.59 Å². The minimum atomic E-state index is -0.204. The number of rotatable bonds is 7. The van der Waals surface area contributed by atoms with Crippen LogP contribution in [0.2, 0.25) is 5.02 Å². The van der Waals surface area contributed by atoms with E-state index in [0.29, 0.717) is 34.9 Å². The van der Waals surface area contributed by atoms with Crippen LogP contribution in [0.15, 0.2) is 48.5 Å². The molecule has 2 heterocycles. The van der Waals surface area contributed by atoms with Crippen molar-refractivity contribution in [2.75, 3.05) is 25.0 Å². The van der Waals surface area contributed by atoms with Crippen LogP contribution in [0.5, 0.6) is 0 Å². The molecule has 2 amide bonds. The van der Waals surface area contributed by atoms with Gasteiger partial charge in [0.25, 0.3) is 11.8 Å². The predicted octanol–water partition coefficient (Wildman–Crippen LogP) is 4.48. The van der Waals surface area contributed by atoms with E-state index in [2.05, 4.69) is 20.9 Å². The van der Waals surface area contributed by atoms with Gasteiger partial charge in [-0.3, -0.25) is 9.59 Å². The quantitative estimate of drug-likeness (QED) is 0.317. The molecule has 164 valence electrons. The van der Waals surface area contributed by atoms with Crippen molar-refractivity contribution < 1.29 is 9.59 Å². The second-order valence-electron chi connectivity index (χ2n) is 7.59. The molecule has 1 aliphatic rings. The Labute approximate surface area is 192 Å². The van der Waals surface area contributed by atoms with Crippen molar-refractivity contribution in [1.82, 2.24) is 15.6 Å². The Morgan fingerprint density at radius 2 is 1.91 bits per heavy atom. The summed E-state index contributed by atoms with van der Waals surface area (Å²) in [6.07, 6.45) is 1.79. The number of amides is 2. The zero-order valence-corrected chi connectivity index (χ0v) is 18.8. The third-order valence-electron chi connectivity index (χ3n) is 5.40. The molecule has 0 bridgehead atoms. The number of nitrogens with one attached hydrogen (secondary N) is 4. The van der Waals surface area contributed by atoms with Crippen molar-refractivity contribution in [2.45, 2.75) is 13.8 Å². The van der Waals surface area contributed by atoms with Gasteiger partial charge in [-0.05, 0) is 43.3 Å². The predicted molar refractivity (Wildman–Crippen MR) is 130 cm³/mol. The van der Waals surface area contributed by atoms with Crippen LogP contribution in [-0.4, -0.2) is 36.4 Å². The Hall–Kier alpha value is -3.35. The molecule has 1 aromatic heterocycles. The summed E-state index contributed by atoms with van der Waals surface area (Å²) in [6, 6.07) is 15.0. The number of halogens is 1. The lowest BCUT2D eigenvalue weighted by Gasteiger charge is -2.09. The van der Waals surface area contributed by atoms with Crippen LogP contribution < -0.4 is 16.0 Å². The van der Waals surface area contributed by atoms with Gasteiger partial charge in [0.2, 0.25) is 0 Å². The number of benzene rings is 2. The average Bonchev–Trinajstić information content (AvgIpc) is 3.28. The van der Waals surface area contributed by atoms with Gasteiger partial charge in [-0.15, -0.1) is 0 Å². The molecule has 0 saturated heterocycles. The molecule has 0 unspecified atom stereocenters. The molecule has 0 atom stereocenters. The Bertz CT molecular complexity index is 1200. The van der Waals surface area contributed by atoms with Crippen LogP contribution in [0.4, 0.5) is 5.69 Å². The van der Waals surface area contributed by atoms with Crippen LogP contribution in [0.25, 0.3) is 22.8 Å². The van der Waals surface area contributed by atoms with E-state index in [4.69, 9.17) is 11.6 Å². The number of carbonyl (C=O) groups excluding carboxylic acids is 2. The standard InChI is InChI=1S/C25H25ClN4O2/c1-3-27-11-12-28-25(32)22-15(2)29-21(23(22)16-7-5-4-6-8-16)14-19-18-13-17(26)9-10-20(18)30-24(19)31/h4-10,13-14,27,29H,3,11-12H2,1-2H3,(H,28,32)(H,30,31)/b19-14-. The van der Waals surface area contributed by atoms with Crippen molar-refractivity contribution in [2.24, 2.45) is 0 Å². The van der Waals surface area contributed by atoms with Crippen LogP contribution >= 0.6 is 11.6 Å². The minimum Gasteiger partial charge on any atom is -0.358 e. The van der Waals surface area contributed by atoms with Crippen molar-refractivity contribution in [3.05, 3.63) is 76.1 Å². The number of H-pyrrole nitrogens is 1. The number of anilines is 1. The third-order valence-corrected chi connectivity index (χ3v) is 5.63. The molecule has 3 aromatic rings. The number of fused-ring (bicyclic) bond motifs is 1. The summed E-state index contributed by atoms with van der Waals surface area (Å²) in [6.45, 7) is 5.96. The number of aromatic nitrogens is 1. The lowest BCUT2D eigenvalue weighted by atomic mass is 9.97. The first-order valence-corrected chi connectivity index (χ1v) is 11.0. The van der Waals surface area contributed by atoms with Crippen LogP contribution in [-0.2, 0) is 4.79 Å². The summed E-state index contributed by atoms with van der Waals surface area (Å²) in [5, 5.41) is 9.61. The smallest absolute Gasteiger partial charge is 0.256 e. The Balaban J connectivity index is 1.80. The molecular weight excluding hydrogens is 424 g/mol. The fraction of sp³-hybridized carbons (Fsp3) is 0.200. The van der Waals surface area contributed by atoms with E-state index in [1.54, 1.807) is 24.3 Å². The number of carbonyl (C=O) groups is 2. The van der Waals surface area contributed by atoms with Gasteiger partial charge in [-0.1, -0.05) is 48.9 Å². The van der Waals surface area contributed by atoms with E-state index in [1.807, 2.05) is 44.2 Å². The molecule has 1 aliphatic heterocycles. The lowest BCUT2D eigenvalue weighted by Crippen LogP contribution is -2.32. The maximum atomic E-state index is 13.1. The second kappa shape index (κ2) is 9.42. The van der Waals surface area contributed by atoms with Gasteiger partial charge < -0.3 is 20.9 Å². The first kappa shape index (κ1) is 21.9. The monoisotopic (exact) mass is 448 g/mol. The molecule has 0 spiro atoms. The maximum absolute atomic E-state index is 13.1. The largest absolute Gasteiger partial charge is 0.358 e. The average molecular weight is 449 g/mol. The molecule has 0 saturated carbocycles. The van der Waals surface area contributed by atoms with Gasteiger partial charge in [0, 0.05) is 46.3 Å². The highest BCUT2D eigenvalue weighted by Crippen LogP contribution is 2.38. The highest BCUT2D eigenvalue weighted by Gasteiger charge is 2.27. The summed E-state index contributed by atoms with van der Waals surface area (Å²) in [5.74, 6) is -0.357. The fourth-order valence-electron chi connectivity index (χ4n) is 3.92. The topological polar surface area (TPSA) is 86.0 Å². The third kappa shape index (κ3) is 4.33. The molecule has 4 N–H and O–H groups in total. The molecule has 6 nitrogen and oxygen atoms in total. The molecule has 0 fully saturated rings. The summed E-state index contributed by atoms with van der Waals surface area (Å²) in [7, 11) is 0.